The molecule has 0 aliphatic heterocycles. The number of rotatable bonds is 7. The molecule has 0 bridgehead atoms. The van der Waals surface area contributed by atoms with E-state index in [0.29, 0.717) is 6.54 Å². The minimum atomic E-state index is -3.34. The number of esters is 1. The molecule has 108 valence electrons. The second kappa shape index (κ2) is 7.02. The SMILES string of the molecule is COC(=O)CCCS(=O)(=O)NCc1cc(C)c(C)s1. The van der Waals surface area contributed by atoms with Gasteiger partial charge in [0.2, 0.25) is 10.0 Å². The lowest BCUT2D eigenvalue weighted by molar-refractivity contribution is -0.140. The van der Waals surface area contributed by atoms with Crippen LogP contribution in [-0.2, 0) is 26.1 Å². The Kier molecular flexibility index (Phi) is 5.96. The van der Waals surface area contributed by atoms with E-state index in [1.54, 1.807) is 11.3 Å². The molecule has 5 nitrogen and oxygen atoms in total. The van der Waals surface area contributed by atoms with Crippen LogP contribution in [0.25, 0.3) is 0 Å². The summed E-state index contributed by atoms with van der Waals surface area (Å²) in [6.45, 7) is 4.31. The molecule has 0 saturated heterocycles. The Balaban J connectivity index is 2.40. The van der Waals surface area contributed by atoms with Gasteiger partial charge < -0.3 is 4.74 Å². The molecule has 0 aromatic carbocycles. The van der Waals surface area contributed by atoms with E-state index < -0.39 is 10.0 Å². The van der Waals surface area contributed by atoms with Gasteiger partial charge in [0.25, 0.3) is 0 Å². The molecule has 0 fully saturated rings. The lowest BCUT2D eigenvalue weighted by Crippen LogP contribution is -2.26. The average Bonchev–Trinajstić information content (AvgIpc) is 2.66. The third-order valence-electron chi connectivity index (χ3n) is 2.70. The second-order valence-corrected chi connectivity index (χ2v) is 7.54. The lowest BCUT2D eigenvalue weighted by atomic mass is 10.3. The first-order chi connectivity index (χ1) is 8.84. The zero-order chi connectivity index (χ0) is 14.5. The van der Waals surface area contributed by atoms with Crippen LogP contribution in [0.5, 0.6) is 0 Å². The number of carbonyl (C=O) groups excluding carboxylic acids is 1. The van der Waals surface area contributed by atoms with Crippen molar-refractivity contribution in [2.24, 2.45) is 0 Å². The number of hydrogen-bond donors (Lipinski definition) is 1. The van der Waals surface area contributed by atoms with Crippen LogP contribution in [0.2, 0.25) is 0 Å². The first-order valence-corrected chi connectivity index (χ1v) is 8.41. The molecular weight excluding hydrogens is 286 g/mol. The van der Waals surface area contributed by atoms with E-state index in [1.165, 1.54) is 17.6 Å². The van der Waals surface area contributed by atoms with Crippen molar-refractivity contribution in [2.45, 2.75) is 33.2 Å². The van der Waals surface area contributed by atoms with Crippen molar-refractivity contribution < 1.29 is 17.9 Å². The van der Waals surface area contributed by atoms with Gasteiger partial charge in [0.05, 0.1) is 12.9 Å². The van der Waals surface area contributed by atoms with E-state index in [4.69, 9.17) is 0 Å². The molecular formula is C12H19NO4S2. The fourth-order valence-electron chi connectivity index (χ4n) is 1.50. The number of ether oxygens (including phenoxy) is 1. The van der Waals surface area contributed by atoms with Crippen molar-refractivity contribution in [3.63, 3.8) is 0 Å². The smallest absolute Gasteiger partial charge is 0.305 e. The Labute approximate surface area is 118 Å². The number of nitrogens with one attached hydrogen (secondary N) is 1. The summed E-state index contributed by atoms with van der Waals surface area (Å²) in [6.07, 6.45) is 0.388. The molecule has 19 heavy (non-hydrogen) atoms. The Bertz CT molecular complexity index is 514. The van der Waals surface area contributed by atoms with Crippen molar-refractivity contribution in [1.29, 1.82) is 0 Å². The molecule has 0 aliphatic carbocycles. The van der Waals surface area contributed by atoms with Crippen LogP contribution in [-0.4, -0.2) is 27.2 Å². The fraction of sp³-hybridized carbons (Fsp3) is 0.583. The number of hydrogen-bond acceptors (Lipinski definition) is 5. The minimum absolute atomic E-state index is 0.0640. The Morgan fingerprint density at radius 2 is 2.11 bits per heavy atom. The van der Waals surface area contributed by atoms with E-state index in [1.807, 2.05) is 19.9 Å². The molecule has 0 radical (unpaired) electrons. The van der Waals surface area contributed by atoms with Gasteiger partial charge in [-0.15, -0.1) is 11.3 Å². The highest BCUT2D eigenvalue weighted by Gasteiger charge is 2.12. The highest BCUT2D eigenvalue weighted by molar-refractivity contribution is 7.89. The Morgan fingerprint density at radius 1 is 1.42 bits per heavy atom. The Morgan fingerprint density at radius 3 is 2.63 bits per heavy atom. The molecule has 1 rings (SSSR count). The lowest BCUT2D eigenvalue weighted by Gasteiger charge is -2.05. The molecule has 0 spiro atoms. The van der Waals surface area contributed by atoms with Crippen LogP contribution < -0.4 is 4.72 Å². The predicted octanol–water partition coefficient (Wildman–Crippen LogP) is 1.74. The summed E-state index contributed by atoms with van der Waals surface area (Å²) >= 11 is 1.59. The molecule has 1 heterocycles. The number of sulfonamides is 1. The second-order valence-electron chi connectivity index (χ2n) is 4.27. The highest BCUT2D eigenvalue weighted by atomic mass is 32.2. The molecule has 0 atom stereocenters. The summed E-state index contributed by atoms with van der Waals surface area (Å²) < 4.78 is 30.4. The van der Waals surface area contributed by atoms with Gasteiger partial charge in [-0.3, -0.25) is 4.79 Å². The van der Waals surface area contributed by atoms with Gasteiger partial charge in [0.15, 0.2) is 0 Å². The standard InChI is InChI=1S/C12H19NO4S2/c1-9-7-11(18-10(9)2)8-13-19(15,16)6-4-5-12(14)17-3/h7,13H,4-6,8H2,1-3H3. The summed E-state index contributed by atoms with van der Waals surface area (Å²) in [6, 6.07) is 1.98. The van der Waals surface area contributed by atoms with Gasteiger partial charge in [0.1, 0.15) is 0 Å². The summed E-state index contributed by atoms with van der Waals surface area (Å²) in [5.41, 5.74) is 1.17. The van der Waals surface area contributed by atoms with Gasteiger partial charge in [-0.2, -0.15) is 0 Å². The molecule has 0 unspecified atom stereocenters. The number of methoxy groups -OCH3 is 1. The summed E-state index contributed by atoms with van der Waals surface area (Å²) in [5, 5.41) is 0. The largest absolute Gasteiger partial charge is 0.469 e. The van der Waals surface area contributed by atoms with Crippen molar-refractivity contribution in [2.75, 3.05) is 12.9 Å². The number of aryl methyl sites for hydroxylation is 2. The summed E-state index contributed by atoms with van der Waals surface area (Å²) in [5.74, 6) is -0.453. The van der Waals surface area contributed by atoms with E-state index in [-0.39, 0.29) is 24.6 Å². The van der Waals surface area contributed by atoms with Crippen LogP contribution in [0.4, 0.5) is 0 Å². The van der Waals surface area contributed by atoms with Crippen molar-refractivity contribution in [3.8, 4) is 0 Å². The molecule has 1 aromatic rings. The van der Waals surface area contributed by atoms with Gasteiger partial charge in [-0.25, -0.2) is 13.1 Å². The van der Waals surface area contributed by atoms with Crippen LogP contribution in [0.15, 0.2) is 6.07 Å². The number of thiophene rings is 1. The third-order valence-corrected chi connectivity index (χ3v) is 5.27. The first kappa shape index (κ1) is 16.1. The molecule has 0 amide bonds. The summed E-state index contributed by atoms with van der Waals surface area (Å²) in [4.78, 5) is 13.1. The monoisotopic (exact) mass is 305 g/mol. The first-order valence-electron chi connectivity index (χ1n) is 5.94. The van der Waals surface area contributed by atoms with Gasteiger partial charge in [-0.1, -0.05) is 0 Å². The summed E-state index contributed by atoms with van der Waals surface area (Å²) in [7, 11) is -2.05. The maximum Gasteiger partial charge on any atom is 0.305 e. The van der Waals surface area contributed by atoms with Gasteiger partial charge in [0, 0.05) is 22.7 Å². The molecule has 1 aromatic heterocycles. The molecule has 1 N–H and O–H groups in total. The minimum Gasteiger partial charge on any atom is -0.469 e. The van der Waals surface area contributed by atoms with Crippen molar-refractivity contribution in [1.82, 2.24) is 4.72 Å². The van der Waals surface area contributed by atoms with Crippen LogP contribution in [0, 0.1) is 13.8 Å². The van der Waals surface area contributed by atoms with Crippen LogP contribution in [0.3, 0.4) is 0 Å². The zero-order valence-corrected chi connectivity index (χ0v) is 13.0. The van der Waals surface area contributed by atoms with Crippen LogP contribution in [0.1, 0.15) is 28.2 Å². The number of carbonyl (C=O) groups is 1. The molecule has 7 heteroatoms. The maximum absolute atomic E-state index is 11.7. The zero-order valence-electron chi connectivity index (χ0n) is 11.4. The maximum atomic E-state index is 11.7. The van der Waals surface area contributed by atoms with E-state index in [2.05, 4.69) is 9.46 Å². The van der Waals surface area contributed by atoms with Crippen molar-refractivity contribution in [3.05, 3.63) is 21.4 Å². The third kappa shape index (κ3) is 5.71. The van der Waals surface area contributed by atoms with E-state index in [0.717, 1.165) is 4.88 Å². The highest BCUT2D eigenvalue weighted by Crippen LogP contribution is 2.20. The molecule has 0 aliphatic rings. The van der Waals surface area contributed by atoms with Crippen LogP contribution >= 0.6 is 11.3 Å². The Hall–Kier alpha value is -0.920. The van der Waals surface area contributed by atoms with Gasteiger partial charge >= 0.3 is 5.97 Å². The van der Waals surface area contributed by atoms with Crippen molar-refractivity contribution >= 4 is 27.3 Å². The van der Waals surface area contributed by atoms with E-state index >= 15 is 0 Å². The predicted molar refractivity (Wildman–Crippen MR) is 75.7 cm³/mol. The fourth-order valence-corrected chi connectivity index (χ4v) is 3.63. The molecule has 0 saturated carbocycles. The quantitative estimate of drug-likeness (QED) is 0.779. The topological polar surface area (TPSA) is 72.5 Å². The average molecular weight is 305 g/mol. The normalized spacial score (nSPS) is 11.5. The van der Waals surface area contributed by atoms with Gasteiger partial charge in [-0.05, 0) is 31.9 Å². The van der Waals surface area contributed by atoms with E-state index in [9.17, 15) is 13.2 Å².